The number of hydrogen-bond donors (Lipinski definition) is 2. The minimum Gasteiger partial charge on any atom is -0.411 e. The van der Waals surface area contributed by atoms with Crippen LogP contribution in [0, 0.1) is 29.6 Å². The van der Waals surface area contributed by atoms with Gasteiger partial charge in [0.1, 0.15) is 11.4 Å². The Hall–Kier alpha value is -1.42. The molecular weight excluding hydrogens is 230 g/mol. The van der Waals surface area contributed by atoms with E-state index >= 15 is 0 Å². The van der Waals surface area contributed by atoms with Crippen LogP contribution in [0.2, 0.25) is 0 Å². The molecule has 0 unspecified atom stereocenters. The van der Waals surface area contributed by atoms with E-state index in [1.807, 2.05) is 24.3 Å². The fourth-order valence-electron chi connectivity index (χ4n) is 4.43. The number of carbonyl (C=O) groups is 1. The maximum atomic E-state index is 12.3. The Morgan fingerprint density at radius 2 is 1.94 bits per heavy atom. The summed E-state index contributed by atoms with van der Waals surface area (Å²) >= 11 is 0. The first-order valence-corrected chi connectivity index (χ1v) is 6.51. The normalized spacial score (nSPS) is 54.2. The van der Waals surface area contributed by atoms with Crippen LogP contribution in [-0.4, -0.2) is 27.4 Å². The Bertz CT molecular complexity index is 521. The molecule has 4 nitrogen and oxygen atoms in total. The number of Topliss-reactive ketones (excluding diaryl/α,β-unsaturated/α-hetero) is 1. The fraction of sp³-hybridized carbons (Fsp3) is 0.571. The van der Waals surface area contributed by atoms with Gasteiger partial charge in [0.05, 0.1) is 11.6 Å². The summed E-state index contributed by atoms with van der Waals surface area (Å²) in [7, 11) is 0. The summed E-state index contributed by atoms with van der Waals surface area (Å²) in [6.07, 6.45) is 9.52. The molecule has 0 saturated heterocycles. The molecule has 4 heteroatoms. The molecule has 0 aliphatic heterocycles. The number of allylic oxidation sites excluding steroid dienone is 3. The third-order valence-electron chi connectivity index (χ3n) is 5.21. The van der Waals surface area contributed by atoms with Crippen LogP contribution in [0.25, 0.3) is 0 Å². The highest BCUT2D eigenvalue weighted by molar-refractivity contribution is 6.05. The van der Waals surface area contributed by atoms with E-state index in [-0.39, 0.29) is 29.5 Å². The Morgan fingerprint density at radius 3 is 2.61 bits per heavy atom. The van der Waals surface area contributed by atoms with Crippen molar-refractivity contribution in [1.82, 2.24) is 0 Å². The summed E-state index contributed by atoms with van der Waals surface area (Å²) in [5, 5.41) is 23.6. The lowest BCUT2D eigenvalue weighted by Crippen LogP contribution is -2.53. The first kappa shape index (κ1) is 10.5. The molecule has 6 atom stereocenters. The quantitative estimate of drug-likeness (QED) is 0.413. The predicted octanol–water partition coefficient (Wildman–Crippen LogP) is 1.14. The van der Waals surface area contributed by atoms with Crippen LogP contribution >= 0.6 is 0 Å². The highest BCUT2D eigenvalue weighted by Gasteiger charge is 2.64. The molecule has 94 valence electrons. The molecule has 0 aromatic carbocycles. The molecule has 0 aromatic rings. The molecule has 2 fully saturated rings. The van der Waals surface area contributed by atoms with Crippen molar-refractivity contribution in [3.05, 3.63) is 24.3 Å². The van der Waals surface area contributed by atoms with Crippen molar-refractivity contribution in [2.75, 3.05) is 0 Å². The van der Waals surface area contributed by atoms with Gasteiger partial charge in [0.2, 0.25) is 0 Å². The Morgan fingerprint density at radius 1 is 1.17 bits per heavy atom. The van der Waals surface area contributed by atoms with E-state index in [4.69, 9.17) is 0 Å². The maximum Gasteiger partial charge on any atom is 0.146 e. The second kappa shape index (κ2) is 3.12. The minimum atomic E-state index is -1.25. The third kappa shape index (κ3) is 0.973. The first-order valence-electron chi connectivity index (χ1n) is 6.51. The molecule has 0 aromatic heterocycles. The van der Waals surface area contributed by atoms with Crippen LogP contribution in [-0.2, 0) is 4.79 Å². The number of nitrogens with zero attached hydrogens (tertiary/aromatic N) is 1. The zero-order chi connectivity index (χ0) is 12.5. The summed E-state index contributed by atoms with van der Waals surface area (Å²) in [4.78, 5) is 12.3. The van der Waals surface area contributed by atoms with Gasteiger partial charge in [-0.3, -0.25) is 4.79 Å². The van der Waals surface area contributed by atoms with Gasteiger partial charge in [-0.2, -0.15) is 0 Å². The summed E-state index contributed by atoms with van der Waals surface area (Å²) < 4.78 is 0. The third-order valence-corrected chi connectivity index (χ3v) is 5.21. The van der Waals surface area contributed by atoms with Crippen molar-refractivity contribution in [3.8, 4) is 0 Å². The molecule has 4 rings (SSSR count). The molecule has 4 bridgehead atoms. The number of fused-ring (bicyclic) bond motifs is 4. The van der Waals surface area contributed by atoms with Gasteiger partial charge in [-0.1, -0.05) is 29.5 Å². The van der Waals surface area contributed by atoms with Gasteiger partial charge in [0.15, 0.2) is 0 Å². The second-order valence-corrected chi connectivity index (χ2v) is 5.92. The molecule has 0 heterocycles. The van der Waals surface area contributed by atoms with E-state index in [0.29, 0.717) is 5.71 Å². The summed E-state index contributed by atoms with van der Waals surface area (Å²) in [6.45, 7) is 0. The average molecular weight is 245 g/mol. The number of ketones is 1. The largest absolute Gasteiger partial charge is 0.411 e. The molecule has 18 heavy (non-hydrogen) atoms. The van der Waals surface area contributed by atoms with E-state index in [1.165, 1.54) is 0 Å². The molecule has 2 N–H and O–H groups in total. The first-order chi connectivity index (χ1) is 8.66. The predicted molar refractivity (Wildman–Crippen MR) is 64.1 cm³/mol. The topological polar surface area (TPSA) is 69.9 Å². The summed E-state index contributed by atoms with van der Waals surface area (Å²) in [5.74, 6) is -0.300. The summed E-state index contributed by atoms with van der Waals surface area (Å²) in [6, 6.07) is 0. The average Bonchev–Trinajstić information content (AvgIpc) is 3.06. The highest BCUT2D eigenvalue weighted by Crippen LogP contribution is 2.55. The highest BCUT2D eigenvalue weighted by atomic mass is 16.4. The van der Waals surface area contributed by atoms with Crippen LogP contribution in [0.5, 0.6) is 0 Å². The molecule has 2 saturated carbocycles. The molecule has 4 aliphatic rings. The van der Waals surface area contributed by atoms with Crippen molar-refractivity contribution in [2.45, 2.75) is 18.4 Å². The monoisotopic (exact) mass is 245 g/mol. The van der Waals surface area contributed by atoms with Crippen molar-refractivity contribution < 1.29 is 15.1 Å². The Balaban J connectivity index is 1.82. The SMILES string of the molecule is O=C1[C@@H]([C@@]2(O)/C(=N\O)[C@H]3C=C[C@H]2C3)[C@H]2C=C[C@H]1C2. The number of oxime groups is 1. The lowest BCUT2D eigenvalue weighted by Gasteiger charge is -2.38. The Labute approximate surface area is 105 Å². The number of hydrogen-bond acceptors (Lipinski definition) is 4. The molecule has 0 radical (unpaired) electrons. The van der Waals surface area contributed by atoms with E-state index in [9.17, 15) is 15.1 Å². The van der Waals surface area contributed by atoms with Crippen molar-refractivity contribution in [1.29, 1.82) is 0 Å². The minimum absolute atomic E-state index is 0.000839. The second-order valence-electron chi connectivity index (χ2n) is 5.92. The Kier molecular flexibility index (Phi) is 1.82. The number of aliphatic hydroxyl groups is 1. The smallest absolute Gasteiger partial charge is 0.146 e. The van der Waals surface area contributed by atoms with Gasteiger partial charge in [-0.05, 0) is 18.8 Å². The van der Waals surface area contributed by atoms with Gasteiger partial charge < -0.3 is 10.3 Å². The zero-order valence-electron chi connectivity index (χ0n) is 9.86. The van der Waals surface area contributed by atoms with Gasteiger partial charge in [0, 0.05) is 17.8 Å². The zero-order valence-corrected chi connectivity index (χ0v) is 9.86. The van der Waals surface area contributed by atoms with Crippen LogP contribution in [0.3, 0.4) is 0 Å². The molecular formula is C14H15NO3. The van der Waals surface area contributed by atoms with Crippen LogP contribution in [0.4, 0.5) is 0 Å². The fourth-order valence-corrected chi connectivity index (χ4v) is 4.43. The van der Waals surface area contributed by atoms with Gasteiger partial charge >= 0.3 is 0 Å². The van der Waals surface area contributed by atoms with Crippen molar-refractivity contribution in [3.63, 3.8) is 0 Å². The van der Waals surface area contributed by atoms with E-state index in [0.717, 1.165) is 12.8 Å². The van der Waals surface area contributed by atoms with Crippen LogP contribution < -0.4 is 0 Å². The van der Waals surface area contributed by atoms with Crippen LogP contribution in [0.15, 0.2) is 29.5 Å². The van der Waals surface area contributed by atoms with E-state index < -0.39 is 11.5 Å². The van der Waals surface area contributed by atoms with E-state index in [1.54, 1.807) is 0 Å². The summed E-state index contributed by atoms with van der Waals surface area (Å²) in [5.41, 5.74) is -0.857. The van der Waals surface area contributed by atoms with Crippen molar-refractivity contribution in [2.24, 2.45) is 34.7 Å². The van der Waals surface area contributed by atoms with Crippen LogP contribution in [0.1, 0.15) is 12.8 Å². The lowest BCUT2D eigenvalue weighted by molar-refractivity contribution is -0.130. The van der Waals surface area contributed by atoms with Gasteiger partial charge in [0.25, 0.3) is 0 Å². The molecule has 0 amide bonds. The lowest BCUT2D eigenvalue weighted by atomic mass is 9.70. The number of rotatable bonds is 1. The molecule has 4 aliphatic carbocycles. The van der Waals surface area contributed by atoms with Gasteiger partial charge in [-0.15, -0.1) is 0 Å². The van der Waals surface area contributed by atoms with Crippen molar-refractivity contribution >= 4 is 11.5 Å². The van der Waals surface area contributed by atoms with E-state index in [2.05, 4.69) is 5.16 Å². The molecule has 0 spiro atoms. The standard InChI is InChI=1S/C14H15NO3/c16-12-8-2-1-7(5-8)11(12)14(17)10-4-3-9(6-10)13(14)15-18/h1-4,7-11,17-18H,5-6H2/b15-13-/t7-,8-,9-,10-,11-,14+/m0/s1. The number of carbonyl (C=O) groups excluding carboxylic acids is 1. The van der Waals surface area contributed by atoms with Gasteiger partial charge in [-0.25, -0.2) is 0 Å². The maximum absolute atomic E-state index is 12.3.